The Labute approximate surface area is 156 Å². The maximum absolute atomic E-state index is 12.4. The van der Waals surface area contributed by atoms with E-state index in [1.54, 1.807) is 18.2 Å². The van der Waals surface area contributed by atoms with Gasteiger partial charge in [0.2, 0.25) is 0 Å². The highest BCUT2D eigenvalue weighted by Gasteiger charge is 2.13. The summed E-state index contributed by atoms with van der Waals surface area (Å²) in [6.45, 7) is 3.86. The van der Waals surface area contributed by atoms with Gasteiger partial charge in [-0.2, -0.15) is 5.26 Å². The van der Waals surface area contributed by atoms with Crippen molar-refractivity contribution >= 4 is 40.9 Å². The number of hydrogen-bond donors (Lipinski definition) is 1. The molecule has 0 unspecified atom stereocenters. The van der Waals surface area contributed by atoms with Gasteiger partial charge in [-0.1, -0.05) is 35.3 Å². The zero-order valence-corrected chi connectivity index (χ0v) is 15.5. The van der Waals surface area contributed by atoms with Crippen LogP contribution in [0.25, 0.3) is 6.08 Å². The molecule has 25 heavy (non-hydrogen) atoms. The molecular weight excluding hydrogens is 359 g/mol. The minimum absolute atomic E-state index is 0.0572. The van der Waals surface area contributed by atoms with Crippen molar-refractivity contribution in [3.05, 3.63) is 62.6 Å². The molecule has 0 aliphatic heterocycles. The highest BCUT2D eigenvalue weighted by molar-refractivity contribution is 6.37. The zero-order chi connectivity index (χ0) is 18.6. The Morgan fingerprint density at radius 1 is 1.24 bits per heavy atom. The van der Waals surface area contributed by atoms with Crippen LogP contribution in [0.2, 0.25) is 10.0 Å². The maximum Gasteiger partial charge on any atom is 0.266 e. The first-order valence-corrected chi connectivity index (χ1v) is 8.15. The first-order chi connectivity index (χ1) is 11.9. The number of methoxy groups -OCH3 is 1. The Kier molecular flexibility index (Phi) is 6.08. The lowest BCUT2D eigenvalue weighted by Gasteiger charge is -2.10. The minimum Gasteiger partial charge on any atom is -0.494 e. The molecule has 128 valence electrons. The smallest absolute Gasteiger partial charge is 0.266 e. The van der Waals surface area contributed by atoms with Crippen LogP contribution in [0, 0.1) is 25.2 Å². The Morgan fingerprint density at radius 3 is 2.44 bits per heavy atom. The molecule has 0 atom stereocenters. The summed E-state index contributed by atoms with van der Waals surface area (Å²) in [5.41, 5.74) is 3.14. The van der Waals surface area contributed by atoms with E-state index in [4.69, 9.17) is 27.9 Å². The number of carbonyl (C=O) groups is 1. The second-order valence-corrected chi connectivity index (χ2v) is 6.20. The molecule has 0 saturated carbocycles. The number of anilines is 1. The van der Waals surface area contributed by atoms with Crippen molar-refractivity contribution < 1.29 is 9.53 Å². The number of nitriles is 1. The van der Waals surface area contributed by atoms with E-state index in [0.29, 0.717) is 27.0 Å². The predicted molar refractivity (Wildman–Crippen MR) is 101 cm³/mol. The molecule has 0 radical (unpaired) electrons. The van der Waals surface area contributed by atoms with E-state index in [1.807, 2.05) is 32.0 Å². The number of aryl methyl sites for hydroxylation is 1. The molecule has 2 aromatic rings. The van der Waals surface area contributed by atoms with E-state index in [0.717, 1.165) is 11.1 Å². The number of hydrogen-bond acceptors (Lipinski definition) is 3. The molecule has 2 aromatic carbocycles. The third-order valence-electron chi connectivity index (χ3n) is 3.75. The van der Waals surface area contributed by atoms with Gasteiger partial charge < -0.3 is 10.1 Å². The van der Waals surface area contributed by atoms with E-state index >= 15 is 0 Å². The summed E-state index contributed by atoms with van der Waals surface area (Å²) in [5.74, 6) is -0.155. The number of halogens is 2. The summed E-state index contributed by atoms with van der Waals surface area (Å²) in [5, 5.41) is 12.7. The normalized spacial score (nSPS) is 11.0. The first kappa shape index (κ1) is 18.9. The molecule has 0 bridgehead atoms. The molecule has 0 fully saturated rings. The SMILES string of the molecule is COc1c(Cl)cc(/C=C(\C#N)C(=O)Nc2cccc(C)c2C)cc1Cl. The lowest BCUT2D eigenvalue weighted by molar-refractivity contribution is -0.112. The molecule has 0 saturated heterocycles. The Balaban J connectivity index is 2.33. The third-order valence-corrected chi connectivity index (χ3v) is 4.32. The predicted octanol–water partition coefficient (Wildman–Crippen LogP) is 5.16. The van der Waals surface area contributed by atoms with E-state index in [2.05, 4.69) is 5.32 Å². The van der Waals surface area contributed by atoms with Gasteiger partial charge in [-0.15, -0.1) is 0 Å². The van der Waals surface area contributed by atoms with Crippen molar-refractivity contribution in [1.82, 2.24) is 0 Å². The van der Waals surface area contributed by atoms with Crippen LogP contribution in [0.3, 0.4) is 0 Å². The number of carbonyl (C=O) groups excluding carboxylic acids is 1. The van der Waals surface area contributed by atoms with Crippen molar-refractivity contribution in [2.75, 3.05) is 12.4 Å². The summed E-state index contributed by atoms with van der Waals surface area (Å²) >= 11 is 12.2. The van der Waals surface area contributed by atoms with Crippen LogP contribution in [-0.2, 0) is 4.79 Å². The summed E-state index contributed by atoms with van der Waals surface area (Å²) in [6, 6.07) is 10.6. The topological polar surface area (TPSA) is 62.1 Å². The van der Waals surface area contributed by atoms with Gasteiger partial charge in [0.15, 0.2) is 5.75 Å². The Morgan fingerprint density at radius 2 is 1.88 bits per heavy atom. The fourth-order valence-corrected chi connectivity index (χ4v) is 2.91. The minimum atomic E-state index is -0.501. The van der Waals surface area contributed by atoms with Crippen molar-refractivity contribution in [2.24, 2.45) is 0 Å². The van der Waals surface area contributed by atoms with Crippen LogP contribution < -0.4 is 10.1 Å². The van der Waals surface area contributed by atoms with Crippen molar-refractivity contribution in [1.29, 1.82) is 5.26 Å². The van der Waals surface area contributed by atoms with Crippen molar-refractivity contribution in [3.63, 3.8) is 0 Å². The standard InChI is InChI=1S/C19H16Cl2N2O2/c1-11-5-4-6-17(12(11)2)23-19(24)14(10-22)7-13-8-15(20)18(25-3)16(21)9-13/h4-9H,1-3H3,(H,23,24)/b14-7+. The Hall–Kier alpha value is -2.48. The van der Waals surface area contributed by atoms with Gasteiger partial charge in [0.05, 0.1) is 17.2 Å². The molecule has 0 aliphatic carbocycles. The molecule has 1 N–H and O–H groups in total. The number of benzene rings is 2. The monoisotopic (exact) mass is 374 g/mol. The fraction of sp³-hybridized carbons (Fsp3) is 0.158. The van der Waals surface area contributed by atoms with Gasteiger partial charge in [-0.25, -0.2) is 0 Å². The summed E-state index contributed by atoms with van der Waals surface area (Å²) in [6.07, 6.45) is 1.43. The summed E-state index contributed by atoms with van der Waals surface area (Å²) in [7, 11) is 1.46. The van der Waals surface area contributed by atoms with Gasteiger partial charge >= 0.3 is 0 Å². The maximum atomic E-state index is 12.4. The molecule has 6 heteroatoms. The molecule has 2 rings (SSSR count). The molecule has 0 aliphatic rings. The fourth-order valence-electron chi connectivity index (χ4n) is 2.25. The number of amides is 1. The number of nitrogens with one attached hydrogen (secondary N) is 1. The summed E-state index contributed by atoms with van der Waals surface area (Å²) in [4.78, 5) is 12.4. The number of nitrogens with zero attached hydrogens (tertiary/aromatic N) is 1. The van der Waals surface area contributed by atoms with E-state index in [1.165, 1.54) is 13.2 Å². The Bertz CT molecular complexity index is 876. The van der Waals surface area contributed by atoms with Gasteiger partial charge in [-0.3, -0.25) is 4.79 Å². The van der Waals surface area contributed by atoms with E-state index in [9.17, 15) is 10.1 Å². The van der Waals surface area contributed by atoms with Crippen molar-refractivity contribution in [2.45, 2.75) is 13.8 Å². The van der Waals surface area contributed by atoms with Gasteiger partial charge in [0.1, 0.15) is 11.6 Å². The largest absolute Gasteiger partial charge is 0.494 e. The molecule has 0 aromatic heterocycles. The third kappa shape index (κ3) is 4.33. The zero-order valence-electron chi connectivity index (χ0n) is 14.0. The highest BCUT2D eigenvalue weighted by Crippen LogP contribution is 2.34. The van der Waals surface area contributed by atoms with Gasteiger partial charge in [-0.05, 0) is 54.8 Å². The van der Waals surface area contributed by atoms with Crippen LogP contribution in [0.4, 0.5) is 5.69 Å². The quantitative estimate of drug-likeness (QED) is 0.593. The number of ether oxygens (including phenoxy) is 1. The number of rotatable bonds is 4. The van der Waals surface area contributed by atoms with Gasteiger partial charge in [0.25, 0.3) is 5.91 Å². The van der Waals surface area contributed by atoms with Crippen LogP contribution in [0.15, 0.2) is 35.9 Å². The molecular formula is C19H16Cl2N2O2. The van der Waals surface area contributed by atoms with E-state index < -0.39 is 5.91 Å². The molecule has 4 nitrogen and oxygen atoms in total. The lowest BCUT2D eigenvalue weighted by Crippen LogP contribution is -2.14. The first-order valence-electron chi connectivity index (χ1n) is 7.39. The second-order valence-electron chi connectivity index (χ2n) is 5.39. The van der Waals surface area contributed by atoms with E-state index in [-0.39, 0.29) is 5.57 Å². The molecule has 1 amide bonds. The van der Waals surface area contributed by atoms with Crippen LogP contribution in [-0.4, -0.2) is 13.0 Å². The lowest BCUT2D eigenvalue weighted by atomic mass is 10.1. The molecule has 0 heterocycles. The van der Waals surface area contributed by atoms with Gasteiger partial charge in [0, 0.05) is 5.69 Å². The average Bonchev–Trinajstić information content (AvgIpc) is 2.56. The highest BCUT2D eigenvalue weighted by atomic mass is 35.5. The van der Waals surface area contributed by atoms with Crippen LogP contribution in [0.5, 0.6) is 5.75 Å². The van der Waals surface area contributed by atoms with Crippen LogP contribution >= 0.6 is 23.2 Å². The van der Waals surface area contributed by atoms with Crippen LogP contribution in [0.1, 0.15) is 16.7 Å². The molecule has 0 spiro atoms. The average molecular weight is 375 g/mol. The van der Waals surface area contributed by atoms with Crippen molar-refractivity contribution in [3.8, 4) is 11.8 Å². The second kappa shape index (κ2) is 8.06. The summed E-state index contributed by atoms with van der Waals surface area (Å²) < 4.78 is 5.08.